The van der Waals surface area contributed by atoms with Gasteiger partial charge in [-0.15, -0.1) is 0 Å². The molecule has 0 saturated carbocycles. The molecule has 1 aromatic rings. The Kier molecular flexibility index (Phi) is 5.87. The summed E-state index contributed by atoms with van der Waals surface area (Å²) in [6.07, 6.45) is 0.216. The van der Waals surface area contributed by atoms with E-state index in [2.05, 4.69) is 5.32 Å². The first kappa shape index (κ1) is 17.6. The maximum Gasteiger partial charge on any atom is 0.225 e. The molecule has 3 N–H and O–H groups in total. The molecule has 1 amide bonds. The highest BCUT2D eigenvalue weighted by Gasteiger charge is 2.23. The number of anilines is 1. The summed E-state index contributed by atoms with van der Waals surface area (Å²) in [5, 5.41) is 3.13. The summed E-state index contributed by atoms with van der Waals surface area (Å²) in [4.78, 5) is 12.1. The van der Waals surface area contributed by atoms with Crippen LogP contribution in [0.3, 0.4) is 0 Å². The van der Waals surface area contributed by atoms with Crippen LogP contribution < -0.4 is 20.5 Å². The highest BCUT2D eigenvalue weighted by molar-refractivity contribution is 6.34. The Morgan fingerprint density at radius 1 is 1.29 bits per heavy atom. The molecule has 0 radical (unpaired) electrons. The number of amides is 1. The van der Waals surface area contributed by atoms with Crippen molar-refractivity contribution in [3.8, 4) is 11.5 Å². The van der Waals surface area contributed by atoms with Crippen LogP contribution in [0, 0.1) is 5.41 Å². The molecule has 0 aromatic heterocycles. The van der Waals surface area contributed by atoms with E-state index in [4.69, 9.17) is 26.8 Å². The molecule has 1 atom stereocenters. The molecule has 0 spiro atoms. The number of rotatable bonds is 5. The molecule has 118 valence electrons. The highest BCUT2D eigenvalue weighted by atomic mass is 35.5. The molecule has 6 heteroatoms. The lowest BCUT2D eigenvalue weighted by molar-refractivity contribution is -0.117. The summed E-state index contributed by atoms with van der Waals surface area (Å²) in [6.45, 7) is 5.98. The maximum absolute atomic E-state index is 12.1. The van der Waals surface area contributed by atoms with E-state index in [9.17, 15) is 4.79 Å². The summed E-state index contributed by atoms with van der Waals surface area (Å²) in [5.41, 5.74) is 6.34. The summed E-state index contributed by atoms with van der Waals surface area (Å²) in [6, 6.07) is 2.98. The van der Waals surface area contributed by atoms with Crippen molar-refractivity contribution >= 4 is 23.2 Å². The number of nitrogens with two attached hydrogens (primary N) is 1. The standard InChI is InChI=1S/C15H23ClN2O3/c1-15(2,3)13(17)8-14(19)18-10-7-12(21-5)11(20-4)6-9(10)16/h6-7,13H,8,17H2,1-5H3,(H,18,19). The molecule has 1 rings (SSSR count). The third-order valence-corrected chi connectivity index (χ3v) is 3.58. The summed E-state index contributed by atoms with van der Waals surface area (Å²) >= 11 is 6.13. The topological polar surface area (TPSA) is 73.6 Å². The van der Waals surface area contributed by atoms with Gasteiger partial charge in [0.15, 0.2) is 11.5 Å². The van der Waals surface area contributed by atoms with E-state index < -0.39 is 0 Å². The Balaban J connectivity index is 2.86. The van der Waals surface area contributed by atoms with Crippen molar-refractivity contribution in [1.29, 1.82) is 0 Å². The van der Waals surface area contributed by atoms with Gasteiger partial charge >= 0.3 is 0 Å². The van der Waals surface area contributed by atoms with Crippen LogP contribution in [0.25, 0.3) is 0 Å². The van der Waals surface area contributed by atoms with Crippen LogP contribution in [0.2, 0.25) is 5.02 Å². The van der Waals surface area contributed by atoms with Gasteiger partial charge in [0, 0.05) is 24.6 Å². The van der Waals surface area contributed by atoms with Crippen LogP contribution in [-0.4, -0.2) is 26.2 Å². The molecule has 1 aromatic carbocycles. The van der Waals surface area contributed by atoms with Crippen LogP contribution in [0.5, 0.6) is 11.5 Å². The molecule has 1 unspecified atom stereocenters. The Morgan fingerprint density at radius 3 is 2.29 bits per heavy atom. The van der Waals surface area contributed by atoms with Gasteiger partial charge in [-0.05, 0) is 5.41 Å². The smallest absolute Gasteiger partial charge is 0.225 e. The van der Waals surface area contributed by atoms with Crippen molar-refractivity contribution in [3.05, 3.63) is 17.2 Å². The van der Waals surface area contributed by atoms with Crippen LogP contribution >= 0.6 is 11.6 Å². The zero-order chi connectivity index (χ0) is 16.2. The molecular weight excluding hydrogens is 292 g/mol. The number of hydrogen-bond donors (Lipinski definition) is 2. The first-order valence-corrected chi connectivity index (χ1v) is 7.03. The second kappa shape index (κ2) is 7.00. The zero-order valence-electron chi connectivity index (χ0n) is 13.1. The van der Waals surface area contributed by atoms with E-state index in [-0.39, 0.29) is 23.8 Å². The molecule has 0 aliphatic carbocycles. The lowest BCUT2D eigenvalue weighted by Crippen LogP contribution is -2.38. The summed E-state index contributed by atoms with van der Waals surface area (Å²) in [7, 11) is 3.04. The quantitative estimate of drug-likeness (QED) is 0.876. The SMILES string of the molecule is COc1cc(Cl)c(NC(=O)CC(N)C(C)(C)C)cc1OC. The van der Waals surface area contributed by atoms with Gasteiger partial charge in [0.2, 0.25) is 5.91 Å². The lowest BCUT2D eigenvalue weighted by Gasteiger charge is -2.26. The zero-order valence-corrected chi connectivity index (χ0v) is 13.9. The number of nitrogens with one attached hydrogen (secondary N) is 1. The molecule has 0 saturated heterocycles. The predicted octanol–water partition coefficient (Wildman–Crippen LogP) is 3.06. The number of carbonyl (C=O) groups excluding carboxylic acids is 1. The van der Waals surface area contributed by atoms with Crippen molar-refractivity contribution in [2.24, 2.45) is 11.1 Å². The van der Waals surface area contributed by atoms with Gasteiger partial charge in [0.05, 0.1) is 24.9 Å². The number of carbonyl (C=O) groups is 1. The van der Waals surface area contributed by atoms with E-state index in [1.807, 2.05) is 20.8 Å². The Bertz CT molecular complexity index is 512. The van der Waals surface area contributed by atoms with Crippen molar-refractivity contribution in [3.63, 3.8) is 0 Å². The van der Waals surface area contributed by atoms with Crippen LogP contribution in [0.4, 0.5) is 5.69 Å². The van der Waals surface area contributed by atoms with Gasteiger partial charge in [-0.1, -0.05) is 32.4 Å². The number of benzene rings is 1. The monoisotopic (exact) mass is 314 g/mol. The number of halogens is 1. The highest BCUT2D eigenvalue weighted by Crippen LogP contribution is 2.36. The van der Waals surface area contributed by atoms with E-state index in [1.54, 1.807) is 12.1 Å². The van der Waals surface area contributed by atoms with Crippen molar-refractivity contribution in [1.82, 2.24) is 0 Å². The molecule has 0 aliphatic rings. The van der Waals surface area contributed by atoms with Crippen molar-refractivity contribution in [2.45, 2.75) is 33.2 Å². The molecule has 5 nitrogen and oxygen atoms in total. The largest absolute Gasteiger partial charge is 0.493 e. The van der Waals surface area contributed by atoms with Crippen molar-refractivity contribution in [2.75, 3.05) is 19.5 Å². The van der Waals surface area contributed by atoms with Gasteiger partial charge in [0.25, 0.3) is 0 Å². The third-order valence-electron chi connectivity index (χ3n) is 3.26. The second-order valence-electron chi connectivity index (χ2n) is 5.91. The van der Waals surface area contributed by atoms with E-state index in [1.165, 1.54) is 14.2 Å². The van der Waals surface area contributed by atoms with E-state index in [0.717, 1.165) is 0 Å². The average Bonchev–Trinajstić information content (AvgIpc) is 2.39. The third kappa shape index (κ3) is 4.79. The van der Waals surface area contributed by atoms with Crippen LogP contribution in [-0.2, 0) is 4.79 Å². The minimum atomic E-state index is -0.239. The Labute approximate surface area is 130 Å². The van der Waals surface area contributed by atoms with Crippen LogP contribution in [0.1, 0.15) is 27.2 Å². The molecule has 0 aliphatic heterocycles. The van der Waals surface area contributed by atoms with E-state index >= 15 is 0 Å². The van der Waals surface area contributed by atoms with Gasteiger partial charge in [0.1, 0.15) is 0 Å². The summed E-state index contributed by atoms with van der Waals surface area (Å²) in [5.74, 6) is 0.816. The molecule has 0 bridgehead atoms. The van der Waals surface area contributed by atoms with Gasteiger partial charge in [-0.25, -0.2) is 0 Å². The minimum Gasteiger partial charge on any atom is -0.493 e. The van der Waals surface area contributed by atoms with Crippen LogP contribution in [0.15, 0.2) is 12.1 Å². The minimum absolute atomic E-state index is 0.140. The molecule has 21 heavy (non-hydrogen) atoms. The first-order valence-electron chi connectivity index (χ1n) is 6.66. The Hall–Kier alpha value is -1.46. The van der Waals surface area contributed by atoms with Crippen molar-refractivity contribution < 1.29 is 14.3 Å². The number of ether oxygens (including phenoxy) is 2. The Morgan fingerprint density at radius 2 is 1.81 bits per heavy atom. The fourth-order valence-electron chi connectivity index (χ4n) is 1.66. The number of methoxy groups -OCH3 is 2. The fourth-order valence-corrected chi connectivity index (χ4v) is 1.86. The number of hydrogen-bond acceptors (Lipinski definition) is 4. The fraction of sp³-hybridized carbons (Fsp3) is 0.533. The molecular formula is C15H23ClN2O3. The maximum atomic E-state index is 12.1. The van der Waals surface area contributed by atoms with Gasteiger partial charge in [-0.2, -0.15) is 0 Å². The normalized spacial score (nSPS) is 12.7. The van der Waals surface area contributed by atoms with Gasteiger partial charge < -0.3 is 20.5 Å². The van der Waals surface area contributed by atoms with E-state index in [0.29, 0.717) is 22.2 Å². The lowest BCUT2D eigenvalue weighted by atomic mass is 9.85. The molecule has 0 fully saturated rings. The van der Waals surface area contributed by atoms with Gasteiger partial charge in [-0.3, -0.25) is 4.79 Å². The second-order valence-corrected chi connectivity index (χ2v) is 6.32. The predicted molar refractivity (Wildman–Crippen MR) is 85.2 cm³/mol. The average molecular weight is 315 g/mol. The summed E-state index contributed by atoms with van der Waals surface area (Å²) < 4.78 is 10.3. The first-order chi connectivity index (χ1) is 9.68. The molecule has 0 heterocycles.